The van der Waals surface area contributed by atoms with E-state index in [1.54, 1.807) is 10.9 Å². The number of hydrogen-bond acceptors (Lipinski definition) is 1. The summed E-state index contributed by atoms with van der Waals surface area (Å²) in [6, 6.07) is 1.87. The van der Waals surface area contributed by atoms with Crippen molar-refractivity contribution < 1.29 is 0 Å². The molecular weight excluding hydrogens is 135 g/mol. The monoisotopic (exact) mass is 146 g/mol. The first kappa shape index (κ1) is 8.11. The molecular formula is C8H11BN2. The van der Waals surface area contributed by atoms with E-state index < -0.39 is 0 Å². The SMILES string of the molecule is [B]c1cc(C(C)C)n(C=C)n1. The summed E-state index contributed by atoms with van der Waals surface area (Å²) >= 11 is 0. The number of aromatic nitrogens is 2. The molecule has 0 fully saturated rings. The van der Waals surface area contributed by atoms with Gasteiger partial charge in [0.1, 0.15) is 7.85 Å². The molecule has 0 aromatic carbocycles. The van der Waals surface area contributed by atoms with Gasteiger partial charge in [-0.3, -0.25) is 0 Å². The molecule has 56 valence electrons. The highest BCUT2D eigenvalue weighted by atomic mass is 15.3. The lowest BCUT2D eigenvalue weighted by atomic mass is 10.0. The molecule has 1 rings (SSSR count). The van der Waals surface area contributed by atoms with Crippen molar-refractivity contribution in [2.24, 2.45) is 0 Å². The van der Waals surface area contributed by atoms with Gasteiger partial charge in [-0.15, -0.1) is 0 Å². The maximum absolute atomic E-state index is 5.51. The van der Waals surface area contributed by atoms with Crippen LogP contribution in [0.2, 0.25) is 0 Å². The highest BCUT2D eigenvalue weighted by Crippen LogP contribution is 2.11. The average Bonchev–Trinajstić information content (AvgIpc) is 2.30. The summed E-state index contributed by atoms with van der Waals surface area (Å²) in [6.45, 7) is 7.82. The van der Waals surface area contributed by atoms with Gasteiger partial charge in [0.05, 0.1) is 0 Å². The molecule has 0 aliphatic heterocycles. The zero-order valence-electron chi connectivity index (χ0n) is 6.91. The first-order chi connectivity index (χ1) is 5.15. The Morgan fingerprint density at radius 3 is 2.73 bits per heavy atom. The van der Waals surface area contributed by atoms with Crippen molar-refractivity contribution in [3.63, 3.8) is 0 Å². The van der Waals surface area contributed by atoms with Crippen LogP contribution in [0.1, 0.15) is 25.5 Å². The van der Waals surface area contributed by atoms with Crippen molar-refractivity contribution >= 4 is 19.6 Å². The second-order valence-electron chi connectivity index (χ2n) is 2.78. The van der Waals surface area contributed by atoms with Crippen LogP contribution in [0, 0.1) is 0 Å². The number of rotatable bonds is 2. The van der Waals surface area contributed by atoms with Crippen LogP contribution in [-0.4, -0.2) is 17.6 Å². The van der Waals surface area contributed by atoms with E-state index in [9.17, 15) is 0 Å². The summed E-state index contributed by atoms with van der Waals surface area (Å²) in [7, 11) is 5.51. The minimum atomic E-state index is 0.429. The van der Waals surface area contributed by atoms with Crippen LogP contribution in [0.25, 0.3) is 6.20 Å². The molecule has 0 bridgehead atoms. The quantitative estimate of drug-likeness (QED) is 0.566. The molecule has 11 heavy (non-hydrogen) atoms. The van der Waals surface area contributed by atoms with Crippen molar-refractivity contribution in [2.45, 2.75) is 19.8 Å². The molecule has 2 radical (unpaired) electrons. The van der Waals surface area contributed by atoms with Gasteiger partial charge in [-0.25, -0.2) is 4.68 Å². The molecule has 0 spiro atoms. The average molecular weight is 146 g/mol. The van der Waals surface area contributed by atoms with E-state index in [2.05, 4.69) is 25.5 Å². The fraction of sp³-hybridized carbons (Fsp3) is 0.375. The van der Waals surface area contributed by atoms with Crippen LogP contribution >= 0.6 is 0 Å². The minimum Gasteiger partial charge on any atom is -0.246 e. The standard InChI is InChI=1S/C8H11BN2/c1-4-11-7(6(2)3)5-8(9)10-11/h4-6H,1H2,2-3H3. The third-order valence-electron chi connectivity index (χ3n) is 1.55. The van der Waals surface area contributed by atoms with Crippen molar-refractivity contribution in [1.82, 2.24) is 9.78 Å². The molecule has 0 aliphatic carbocycles. The second-order valence-corrected chi connectivity index (χ2v) is 2.78. The van der Waals surface area contributed by atoms with Crippen molar-refractivity contribution in [1.29, 1.82) is 0 Å². The summed E-state index contributed by atoms with van der Waals surface area (Å²) < 4.78 is 1.71. The zero-order valence-corrected chi connectivity index (χ0v) is 6.91. The van der Waals surface area contributed by atoms with E-state index in [1.807, 2.05) is 6.07 Å². The Balaban J connectivity index is 3.11. The van der Waals surface area contributed by atoms with Crippen LogP contribution in [-0.2, 0) is 0 Å². The summed E-state index contributed by atoms with van der Waals surface area (Å²) in [5, 5.41) is 4.03. The molecule has 3 heteroatoms. The largest absolute Gasteiger partial charge is 0.246 e. The topological polar surface area (TPSA) is 17.8 Å². The first-order valence-electron chi connectivity index (χ1n) is 3.62. The van der Waals surface area contributed by atoms with E-state index in [0.717, 1.165) is 5.69 Å². The predicted molar refractivity (Wildman–Crippen MR) is 48.1 cm³/mol. The fourth-order valence-corrected chi connectivity index (χ4v) is 1.01. The molecule has 0 saturated heterocycles. The van der Waals surface area contributed by atoms with Gasteiger partial charge < -0.3 is 0 Å². The van der Waals surface area contributed by atoms with Crippen LogP contribution in [0.4, 0.5) is 0 Å². The Kier molecular flexibility index (Phi) is 2.18. The highest BCUT2D eigenvalue weighted by Gasteiger charge is 2.05. The molecule has 0 N–H and O–H groups in total. The Labute approximate surface area is 68.3 Å². The maximum Gasteiger partial charge on any atom is 0.144 e. The lowest BCUT2D eigenvalue weighted by Crippen LogP contribution is -2.04. The molecule has 1 aromatic heterocycles. The van der Waals surface area contributed by atoms with Crippen LogP contribution in [0.3, 0.4) is 0 Å². The molecule has 0 unspecified atom stereocenters. The lowest BCUT2D eigenvalue weighted by molar-refractivity contribution is 0.760. The lowest BCUT2D eigenvalue weighted by Gasteiger charge is -2.03. The predicted octanol–water partition coefficient (Wildman–Crippen LogP) is 0.901. The van der Waals surface area contributed by atoms with Gasteiger partial charge in [0, 0.05) is 17.5 Å². The van der Waals surface area contributed by atoms with Gasteiger partial charge in [-0.1, -0.05) is 20.4 Å². The second kappa shape index (κ2) is 2.95. The van der Waals surface area contributed by atoms with Crippen LogP contribution in [0.5, 0.6) is 0 Å². The summed E-state index contributed by atoms with van der Waals surface area (Å²) in [5.41, 5.74) is 1.64. The van der Waals surface area contributed by atoms with Gasteiger partial charge in [-0.2, -0.15) is 5.10 Å². The van der Waals surface area contributed by atoms with E-state index >= 15 is 0 Å². The summed E-state index contributed by atoms with van der Waals surface area (Å²) in [5.74, 6) is 0.429. The van der Waals surface area contributed by atoms with Gasteiger partial charge in [0.2, 0.25) is 0 Å². The molecule has 0 amide bonds. The Morgan fingerprint density at radius 1 is 1.73 bits per heavy atom. The third-order valence-corrected chi connectivity index (χ3v) is 1.55. The molecule has 1 aromatic rings. The molecule has 2 nitrogen and oxygen atoms in total. The van der Waals surface area contributed by atoms with Crippen molar-refractivity contribution in [3.8, 4) is 0 Å². The number of nitrogens with zero attached hydrogens (tertiary/aromatic N) is 2. The van der Waals surface area contributed by atoms with Gasteiger partial charge in [-0.05, 0) is 12.0 Å². The van der Waals surface area contributed by atoms with Crippen molar-refractivity contribution in [2.75, 3.05) is 0 Å². The van der Waals surface area contributed by atoms with E-state index in [0.29, 0.717) is 11.5 Å². The minimum absolute atomic E-state index is 0.429. The van der Waals surface area contributed by atoms with Crippen molar-refractivity contribution in [3.05, 3.63) is 18.3 Å². The fourth-order valence-electron chi connectivity index (χ4n) is 1.01. The maximum atomic E-state index is 5.51. The Bertz CT molecular complexity index is 263. The first-order valence-corrected chi connectivity index (χ1v) is 3.62. The number of hydrogen-bond donors (Lipinski definition) is 0. The van der Waals surface area contributed by atoms with Gasteiger partial charge >= 0.3 is 0 Å². The summed E-state index contributed by atoms with van der Waals surface area (Å²) in [6.07, 6.45) is 1.66. The van der Waals surface area contributed by atoms with E-state index in [4.69, 9.17) is 7.85 Å². The highest BCUT2D eigenvalue weighted by molar-refractivity contribution is 6.30. The molecule has 0 atom stereocenters. The van der Waals surface area contributed by atoms with Crippen LogP contribution in [0.15, 0.2) is 12.6 Å². The smallest absolute Gasteiger partial charge is 0.144 e. The normalized spacial score (nSPS) is 10.5. The zero-order chi connectivity index (χ0) is 8.43. The third kappa shape index (κ3) is 1.53. The molecule has 1 heterocycles. The van der Waals surface area contributed by atoms with E-state index in [-0.39, 0.29) is 0 Å². The molecule has 0 aliphatic rings. The summed E-state index contributed by atoms with van der Waals surface area (Å²) in [4.78, 5) is 0. The Hall–Kier alpha value is -0.985. The molecule has 0 saturated carbocycles. The van der Waals surface area contributed by atoms with Crippen LogP contribution < -0.4 is 5.59 Å². The Morgan fingerprint density at radius 2 is 2.36 bits per heavy atom. The van der Waals surface area contributed by atoms with Gasteiger partial charge in [0.25, 0.3) is 0 Å². The van der Waals surface area contributed by atoms with Gasteiger partial charge in [0.15, 0.2) is 0 Å². The van der Waals surface area contributed by atoms with E-state index in [1.165, 1.54) is 0 Å².